The molecule has 0 aromatic heterocycles. The molecule has 0 aliphatic carbocycles. The highest BCUT2D eigenvalue weighted by molar-refractivity contribution is 6.01. The maximum absolute atomic E-state index is 13.0. The van der Waals surface area contributed by atoms with Gasteiger partial charge in [-0.1, -0.05) is 42.5 Å². The number of carbonyl (C=O) groups excluding carboxylic acids is 3. The van der Waals surface area contributed by atoms with E-state index in [4.69, 9.17) is 0 Å². The Morgan fingerprint density at radius 1 is 1.19 bits per heavy atom. The van der Waals surface area contributed by atoms with Crippen molar-refractivity contribution < 1.29 is 14.4 Å². The summed E-state index contributed by atoms with van der Waals surface area (Å²) in [5, 5.41) is 6.29. The highest BCUT2D eigenvalue weighted by Gasteiger charge is 2.36. The van der Waals surface area contributed by atoms with Crippen LogP contribution in [-0.2, 0) is 16.1 Å². The zero-order valence-electron chi connectivity index (χ0n) is 17.8. The standard InChI is InChI=1S/C25H29N3O3/c1-26-24(30)23(8-5-13-29)28-16-20-14-18(9-11-21(20)25(28)31)22-12-10-19(15-27-22)17-6-3-2-4-7-17/h2-4,6-7,9,11,13-14,19,22-23,27H,5,8,10,12,15-16H2,1H3,(H,26,30). The molecule has 2 amide bonds. The molecule has 6 nitrogen and oxygen atoms in total. The molecule has 1 saturated heterocycles. The molecule has 3 atom stereocenters. The van der Waals surface area contributed by atoms with Gasteiger partial charge in [-0.3, -0.25) is 9.59 Å². The summed E-state index contributed by atoms with van der Waals surface area (Å²) in [7, 11) is 1.56. The Kier molecular flexibility index (Phi) is 6.47. The van der Waals surface area contributed by atoms with Gasteiger partial charge in [-0.15, -0.1) is 0 Å². The average Bonchev–Trinajstić information content (AvgIpc) is 3.15. The minimum atomic E-state index is -0.627. The molecule has 0 spiro atoms. The fourth-order valence-corrected chi connectivity index (χ4v) is 4.80. The summed E-state index contributed by atoms with van der Waals surface area (Å²) in [5.74, 6) is 0.154. The van der Waals surface area contributed by atoms with Crippen LogP contribution >= 0.6 is 0 Å². The lowest BCUT2D eigenvalue weighted by molar-refractivity contribution is -0.125. The predicted molar refractivity (Wildman–Crippen MR) is 119 cm³/mol. The van der Waals surface area contributed by atoms with Crippen LogP contribution in [0.1, 0.15) is 64.7 Å². The molecule has 2 aromatic carbocycles. The van der Waals surface area contributed by atoms with Gasteiger partial charge in [0, 0.05) is 38.2 Å². The van der Waals surface area contributed by atoms with Crippen molar-refractivity contribution in [2.45, 2.75) is 50.2 Å². The first-order valence-corrected chi connectivity index (χ1v) is 11.0. The van der Waals surface area contributed by atoms with Crippen LogP contribution in [0.4, 0.5) is 0 Å². The van der Waals surface area contributed by atoms with E-state index in [9.17, 15) is 14.4 Å². The molecule has 2 aromatic rings. The van der Waals surface area contributed by atoms with Crippen molar-refractivity contribution in [3.05, 3.63) is 70.8 Å². The lowest BCUT2D eigenvalue weighted by atomic mass is 9.86. The summed E-state index contributed by atoms with van der Waals surface area (Å²) in [6, 6.07) is 16.3. The number of hydrogen-bond acceptors (Lipinski definition) is 4. The number of nitrogens with one attached hydrogen (secondary N) is 2. The monoisotopic (exact) mass is 419 g/mol. The van der Waals surface area contributed by atoms with Gasteiger partial charge in [0.1, 0.15) is 12.3 Å². The Bertz CT molecular complexity index is 952. The Morgan fingerprint density at radius 2 is 2.00 bits per heavy atom. The van der Waals surface area contributed by atoms with E-state index in [1.165, 1.54) is 11.1 Å². The highest BCUT2D eigenvalue weighted by Crippen LogP contribution is 2.34. The van der Waals surface area contributed by atoms with Crippen LogP contribution in [0.2, 0.25) is 0 Å². The second-order valence-electron chi connectivity index (χ2n) is 8.37. The first-order chi connectivity index (χ1) is 15.1. The van der Waals surface area contributed by atoms with Crippen LogP contribution < -0.4 is 10.6 Å². The van der Waals surface area contributed by atoms with Crippen molar-refractivity contribution in [3.63, 3.8) is 0 Å². The van der Waals surface area contributed by atoms with E-state index in [0.29, 0.717) is 24.4 Å². The topological polar surface area (TPSA) is 78.5 Å². The van der Waals surface area contributed by atoms with E-state index in [0.717, 1.165) is 31.2 Å². The molecule has 2 heterocycles. The molecule has 6 heteroatoms. The number of fused-ring (bicyclic) bond motifs is 1. The van der Waals surface area contributed by atoms with E-state index in [1.807, 2.05) is 18.2 Å². The third kappa shape index (κ3) is 4.39. The molecular weight excluding hydrogens is 390 g/mol. The van der Waals surface area contributed by atoms with E-state index < -0.39 is 6.04 Å². The molecule has 2 aliphatic heterocycles. The summed E-state index contributed by atoms with van der Waals surface area (Å²) in [4.78, 5) is 37.7. The molecule has 3 unspecified atom stereocenters. The summed E-state index contributed by atoms with van der Waals surface area (Å²) >= 11 is 0. The molecule has 31 heavy (non-hydrogen) atoms. The minimum absolute atomic E-state index is 0.137. The van der Waals surface area contributed by atoms with E-state index in [2.05, 4.69) is 41.0 Å². The van der Waals surface area contributed by atoms with Gasteiger partial charge in [-0.05, 0) is 47.9 Å². The highest BCUT2D eigenvalue weighted by atomic mass is 16.2. The Balaban J connectivity index is 1.46. The number of nitrogens with zero attached hydrogens (tertiary/aromatic N) is 1. The van der Waals surface area contributed by atoms with Crippen LogP contribution in [0.3, 0.4) is 0 Å². The van der Waals surface area contributed by atoms with Gasteiger partial charge in [0.15, 0.2) is 0 Å². The number of aldehydes is 1. The molecular formula is C25H29N3O3. The fourth-order valence-electron chi connectivity index (χ4n) is 4.80. The van der Waals surface area contributed by atoms with Crippen molar-refractivity contribution >= 4 is 18.1 Å². The summed E-state index contributed by atoms with van der Waals surface area (Å²) < 4.78 is 0. The van der Waals surface area contributed by atoms with Crippen molar-refractivity contribution in [2.75, 3.05) is 13.6 Å². The maximum Gasteiger partial charge on any atom is 0.255 e. The number of amides is 2. The fraction of sp³-hybridized carbons (Fsp3) is 0.400. The molecule has 4 rings (SSSR count). The number of hydrogen-bond donors (Lipinski definition) is 2. The number of rotatable bonds is 7. The van der Waals surface area contributed by atoms with Crippen LogP contribution in [0.15, 0.2) is 48.5 Å². The molecule has 162 valence electrons. The lowest BCUT2D eigenvalue weighted by Crippen LogP contribution is -2.46. The summed E-state index contributed by atoms with van der Waals surface area (Å²) in [6.07, 6.45) is 3.53. The molecule has 0 bridgehead atoms. The van der Waals surface area contributed by atoms with Gasteiger partial charge in [0.2, 0.25) is 5.91 Å². The van der Waals surface area contributed by atoms with Gasteiger partial charge < -0.3 is 20.3 Å². The normalized spacial score (nSPS) is 21.5. The zero-order chi connectivity index (χ0) is 21.8. The first-order valence-electron chi connectivity index (χ1n) is 11.0. The van der Waals surface area contributed by atoms with Crippen LogP contribution in [-0.4, -0.2) is 42.6 Å². The Labute approximate surface area is 183 Å². The van der Waals surface area contributed by atoms with E-state index in [-0.39, 0.29) is 24.3 Å². The SMILES string of the molecule is CNC(=O)C(CCC=O)N1Cc2cc(C3CCC(c4ccccc4)CN3)ccc2C1=O. The van der Waals surface area contributed by atoms with Crippen LogP contribution in [0.25, 0.3) is 0 Å². The predicted octanol–water partition coefficient (Wildman–Crippen LogP) is 2.94. The zero-order valence-corrected chi connectivity index (χ0v) is 17.8. The number of piperidine rings is 1. The van der Waals surface area contributed by atoms with Gasteiger partial charge in [-0.2, -0.15) is 0 Å². The minimum Gasteiger partial charge on any atom is -0.357 e. The van der Waals surface area contributed by atoms with Crippen LogP contribution in [0, 0.1) is 0 Å². The van der Waals surface area contributed by atoms with Crippen molar-refractivity contribution in [1.29, 1.82) is 0 Å². The van der Waals surface area contributed by atoms with Crippen LogP contribution in [0.5, 0.6) is 0 Å². The molecule has 2 aliphatic rings. The Morgan fingerprint density at radius 3 is 2.68 bits per heavy atom. The quantitative estimate of drug-likeness (QED) is 0.677. The van der Waals surface area contributed by atoms with Crippen molar-refractivity contribution in [3.8, 4) is 0 Å². The van der Waals surface area contributed by atoms with E-state index >= 15 is 0 Å². The largest absolute Gasteiger partial charge is 0.357 e. The van der Waals surface area contributed by atoms with Gasteiger partial charge >= 0.3 is 0 Å². The molecule has 1 fully saturated rings. The van der Waals surface area contributed by atoms with Crippen molar-refractivity contribution in [2.24, 2.45) is 0 Å². The lowest BCUT2D eigenvalue weighted by Gasteiger charge is -2.30. The molecule has 2 N–H and O–H groups in total. The second-order valence-corrected chi connectivity index (χ2v) is 8.37. The number of likely N-dealkylation sites (N-methyl/N-ethyl adjacent to an activating group) is 1. The first kappa shape index (κ1) is 21.2. The van der Waals surface area contributed by atoms with Gasteiger partial charge in [0.25, 0.3) is 5.91 Å². The maximum atomic E-state index is 13.0. The number of carbonyl (C=O) groups is 3. The smallest absolute Gasteiger partial charge is 0.255 e. The third-order valence-corrected chi connectivity index (χ3v) is 6.53. The summed E-state index contributed by atoms with van der Waals surface area (Å²) in [6.45, 7) is 1.33. The average molecular weight is 420 g/mol. The molecule has 0 saturated carbocycles. The third-order valence-electron chi connectivity index (χ3n) is 6.53. The second kappa shape index (κ2) is 9.43. The summed E-state index contributed by atoms with van der Waals surface area (Å²) in [5.41, 5.74) is 4.17. The van der Waals surface area contributed by atoms with Gasteiger partial charge in [-0.25, -0.2) is 0 Å². The number of benzene rings is 2. The van der Waals surface area contributed by atoms with Gasteiger partial charge in [0.05, 0.1) is 0 Å². The Hall–Kier alpha value is -2.99. The molecule has 0 radical (unpaired) electrons. The van der Waals surface area contributed by atoms with Crippen molar-refractivity contribution in [1.82, 2.24) is 15.5 Å². The van der Waals surface area contributed by atoms with E-state index in [1.54, 1.807) is 11.9 Å².